The first-order valence-electron chi connectivity index (χ1n) is 8.90. The number of para-hydroxylation sites is 1. The highest BCUT2D eigenvalue weighted by Crippen LogP contribution is 2.25. The van der Waals surface area contributed by atoms with E-state index in [4.69, 9.17) is 5.21 Å². The van der Waals surface area contributed by atoms with Gasteiger partial charge in [-0.25, -0.2) is 4.99 Å². The number of rotatable bonds is 2. The molecule has 1 N–H and O–H groups in total. The van der Waals surface area contributed by atoms with E-state index >= 15 is 0 Å². The molecule has 0 bridgehead atoms. The quantitative estimate of drug-likeness (QED) is 0.170. The van der Waals surface area contributed by atoms with E-state index in [0.29, 0.717) is 18.0 Å². The zero-order valence-electron chi connectivity index (χ0n) is 16.4. The molecule has 6 heteroatoms. The van der Waals surface area contributed by atoms with Gasteiger partial charge in [0.05, 0.1) is 29.4 Å². The van der Waals surface area contributed by atoms with Crippen LogP contribution in [0.5, 0.6) is 0 Å². The molecule has 0 fully saturated rings. The minimum Gasteiger partial charge on any atom is -0.411 e. The molecule has 0 spiro atoms. The van der Waals surface area contributed by atoms with Gasteiger partial charge in [-0.15, -0.1) is 0 Å². The molecule has 0 amide bonds. The molecule has 2 aromatic carbocycles. The van der Waals surface area contributed by atoms with Gasteiger partial charge in [-0.3, -0.25) is 4.99 Å². The minimum absolute atomic E-state index is 0.398. The number of aliphatic imine (C=N–C) groups is 2. The van der Waals surface area contributed by atoms with E-state index in [9.17, 15) is 0 Å². The topological polar surface area (TPSA) is 57.3 Å². The van der Waals surface area contributed by atoms with E-state index in [-0.39, 0.29) is 0 Å². The van der Waals surface area contributed by atoms with Gasteiger partial charge in [0.15, 0.2) is 0 Å². The van der Waals surface area contributed by atoms with E-state index in [0.717, 1.165) is 22.5 Å². The van der Waals surface area contributed by atoms with Gasteiger partial charge in [0.2, 0.25) is 0 Å². The summed E-state index contributed by atoms with van der Waals surface area (Å²) < 4.78 is 0. The second-order valence-corrected chi connectivity index (χ2v) is 4.79. The number of fused-ring (bicyclic) bond motifs is 1. The highest BCUT2D eigenvalue weighted by Gasteiger charge is 2.16. The van der Waals surface area contributed by atoms with E-state index in [1.54, 1.807) is 6.92 Å². The summed E-state index contributed by atoms with van der Waals surface area (Å²) in [5.41, 5.74) is 4.97. The third-order valence-corrected chi connectivity index (χ3v) is 3.42. The first-order valence-corrected chi connectivity index (χ1v) is 15.2. The van der Waals surface area contributed by atoms with Gasteiger partial charge in [0.25, 0.3) is 0 Å². The van der Waals surface area contributed by atoms with Gasteiger partial charge in [0.1, 0.15) is 0 Å². The second kappa shape index (κ2) is 15.7. The molecular formula is C21H27I2N3O. The van der Waals surface area contributed by atoms with Gasteiger partial charge in [0, 0.05) is 48.4 Å². The summed E-state index contributed by atoms with van der Waals surface area (Å²) in [5.74, 6) is 0. The molecule has 4 nitrogen and oxygen atoms in total. The van der Waals surface area contributed by atoms with Crippen LogP contribution in [0, 0.1) is 0 Å². The molecule has 3 rings (SSSR count). The fourth-order valence-corrected chi connectivity index (χ4v) is 2.29. The normalized spacial score (nSPS) is 12.2. The van der Waals surface area contributed by atoms with Crippen LogP contribution in [-0.2, 0) is 0 Å². The van der Waals surface area contributed by atoms with E-state index in [1.807, 2.05) is 82.3 Å². The third kappa shape index (κ3) is 7.69. The van der Waals surface area contributed by atoms with E-state index in [1.165, 1.54) is 0 Å². The first-order chi connectivity index (χ1) is 13.3. The number of hydrogen-bond acceptors (Lipinski definition) is 4. The summed E-state index contributed by atoms with van der Waals surface area (Å²) in [6.07, 6.45) is 0. The number of oxime groups is 1. The van der Waals surface area contributed by atoms with Crippen LogP contribution in [0.4, 0.5) is 5.69 Å². The van der Waals surface area contributed by atoms with Gasteiger partial charge in [-0.2, -0.15) is 0 Å². The van der Waals surface area contributed by atoms with Gasteiger partial charge in [-0.1, -0.05) is 81.4 Å². The van der Waals surface area contributed by atoms with Crippen LogP contribution < -0.4 is 0 Å². The molecule has 0 aromatic heterocycles. The molecular weight excluding hydrogens is 564 g/mol. The molecule has 0 saturated carbocycles. The van der Waals surface area contributed by atoms with Crippen molar-refractivity contribution < 1.29 is 5.21 Å². The van der Waals surface area contributed by atoms with Crippen molar-refractivity contribution in [3.05, 3.63) is 65.7 Å². The molecule has 0 radical (unpaired) electrons. The fraction of sp³-hybridized carbons (Fsp3) is 0.286. The molecule has 1 heterocycles. The van der Waals surface area contributed by atoms with Gasteiger partial charge in [-0.05, 0) is 13.0 Å². The predicted molar refractivity (Wildman–Crippen MR) is 136 cm³/mol. The molecule has 1 aliphatic rings. The maximum atomic E-state index is 8.97. The number of hydrogen-bond donors (Lipinski definition) is 1. The van der Waals surface area contributed by atoms with E-state index < -0.39 is 0 Å². The standard InChI is InChI=1S/C17H15N3O.2C2H6.I2/c1-12(20-21)16-11-18-17(13-7-3-2-4-8-13)14-9-5-6-10-15(14)19-16;3*1-2/h2-10,21H,11H2,1H3;2*1-2H3;. The summed E-state index contributed by atoms with van der Waals surface area (Å²) in [7, 11) is 0. The van der Waals surface area contributed by atoms with Crippen molar-refractivity contribution in [1.82, 2.24) is 0 Å². The van der Waals surface area contributed by atoms with Crippen molar-refractivity contribution in [3.63, 3.8) is 0 Å². The monoisotopic (exact) mass is 591 g/mol. The Kier molecular flexibility index (Phi) is 15.0. The van der Waals surface area contributed by atoms with Crippen LogP contribution in [0.1, 0.15) is 45.7 Å². The largest absolute Gasteiger partial charge is 0.411 e. The Hall–Kier alpha value is -1.29. The maximum absolute atomic E-state index is 8.97. The Morgan fingerprint density at radius 1 is 0.926 bits per heavy atom. The van der Waals surface area contributed by atoms with Crippen LogP contribution in [-0.4, -0.2) is 28.9 Å². The SMILES string of the molecule is CC.CC.CC(=NO)C1=Nc2ccccc2C(c2ccccc2)=NC1.II. The molecule has 0 aliphatic carbocycles. The second-order valence-electron chi connectivity index (χ2n) is 4.79. The highest BCUT2D eigenvalue weighted by molar-refractivity contribution is 15.0. The van der Waals surface area contributed by atoms with Gasteiger partial charge < -0.3 is 5.21 Å². The average molecular weight is 591 g/mol. The molecule has 0 unspecified atom stereocenters. The fourth-order valence-electron chi connectivity index (χ4n) is 2.29. The van der Waals surface area contributed by atoms with E-state index in [2.05, 4.69) is 52.4 Å². The average Bonchev–Trinajstić information content (AvgIpc) is 2.98. The molecule has 27 heavy (non-hydrogen) atoms. The minimum atomic E-state index is 0.398. The van der Waals surface area contributed by atoms with Crippen molar-refractivity contribution in [2.24, 2.45) is 15.1 Å². The van der Waals surface area contributed by atoms with Crippen molar-refractivity contribution in [2.75, 3.05) is 6.54 Å². The van der Waals surface area contributed by atoms with Crippen LogP contribution in [0.25, 0.3) is 0 Å². The third-order valence-electron chi connectivity index (χ3n) is 3.42. The number of benzene rings is 2. The lowest BCUT2D eigenvalue weighted by Gasteiger charge is -2.07. The summed E-state index contributed by atoms with van der Waals surface area (Å²) in [5, 5.41) is 12.2. The summed E-state index contributed by atoms with van der Waals surface area (Å²) in [4.78, 5) is 9.28. The predicted octanol–water partition coefficient (Wildman–Crippen LogP) is 7.28. The van der Waals surface area contributed by atoms with Crippen LogP contribution >= 0.6 is 37.2 Å². The lowest BCUT2D eigenvalue weighted by Crippen LogP contribution is -2.14. The number of nitrogens with zero attached hydrogens (tertiary/aromatic N) is 3. The Balaban J connectivity index is 0.00000103. The van der Waals surface area contributed by atoms with Crippen molar-refractivity contribution in [2.45, 2.75) is 34.6 Å². The maximum Gasteiger partial charge on any atom is 0.0998 e. The van der Waals surface area contributed by atoms with Crippen LogP contribution in [0.3, 0.4) is 0 Å². The summed E-state index contributed by atoms with van der Waals surface area (Å²) in [6.45, 7) is 10.1. The lowest BCUT2D eigenvalue weighted by molar-refractivity contribution is 0.320. The molecule has 2 aromatic rings. The summed E-state index contributed by atoms with van der Waals surface area (Å²) in [6, 6.07) is 17.9. The number of halogens is 2. The summed E-state index contributed by atoms with van der Waals surface area (Å²) >= 11 is 4.24. The smallest absolute Gasteiger partial charge is 0.0998 e. The van der Waals surface area contributed by atoms with Crippen LogP contribution in [0.2, 0.25) is 0 Å². The zero-order chi connectivity index (χ0) is 20.7. The molecule has 146 valence electrons. The molecule has 1 aliphatic heterocycles. The Labute approximate surface area is 186 Å². The first kappa shape index (κ1) is 25.7. The molecule has 0 atom stereocenters. The Morgan fingerprint density at radius 2 is 1.48 bits per heavy atom. The Bertz CT molecular complexity index is 757. The lowest BCUT2D eigenvalue weighted by atomic mass is 10.0. The Morgan fingerprint density at radius 3 is 2.07 bits per heavy atom. The zero-order valence-corrected chi connectivity index (χ0v) is 20.8. The van der Waals surface area contributed by atoms with Crippen molar-refractivity contribution >= 4 is 60.1 Å². The van der Waals surface area contributed by atoms with Crippen molar-refractivity contribution in [3.8, 4) is 0 Å². The highest BCUT2D eigenvalue weighted by atomic mass is 128. The van der Waals surface area contributed by atoms with Crippen LogP contribution in [0.15, 0.2) is 69.7 Å². The molecule has 0 saturated heterocycles. The van der Waals surface area contributed by atoms with Gasteiger partial charge >= 0.3 is 0 Å². The van der Waals surface area contributed by atoms with Crippen molar-refractivity contribution in [1.29, 1.82) is 0 Å².